The van der Waals surface area contributed by atoms with Gasteiger partial charge in [0, 0.05) is 12.1 Å². The highest BCUT2D eigenvalue weighted by molar-refractivity contribution is 14.1. The summed E-state index contributed by atoms with van der Waals surface area (Å²) in [6, 6.07) is 1.98. The van der Waals surface area contributed by atoms with Crippen molar-refractivity contribution in [1.29, 1.82) is 0 Å². The number of nitrogens with one attached hydrogen (secondary N) is 2. The Morgan fingerprint density at radius 2 is 2.40 bits per heavy atom. The molecule has 1 aromatic rings. The van der Waals surface area contributed by atoms with Gasteiger partial charge in [0.15, 0.2) is 0 Å². The molecule has 2 N–H and O–H groups in total. The number of hydrogen-bond donors (Lipinski definition) is 2. The van der Waals surface area contributed by atoms with Crippen LogP contribution in [-0.4, -0.2) is 10.9 Å². The quantitative estimate of drug-likeness (QED) is 0.657. The van der Waals surface area contributed by atoms with Crippen molar-refractivity contribution in [2.45, 2.75) is 6.54 Å². The van der Waals surface area contributed by atoms with Crippen LogP contribution < -0.4 is 5.32 Å². The van der Waals surface area contributed by atoms with E-state index in [0.717, 1.165) is 15.0 Å². The zero-order valence-corrected chi connectivity index (χ0v) is 7.23. The lowest BCUT2D eigenvalue weighted by Gasteiger charge is -1.87. The highest BCUT2D eigenvalue weighted by Crippen LogP contribution is 2.16. The topological polar surface area (TPSA) is 44.9 Å². The SMILES string of the molecule is O=C1NCc2cc(I)[nH]c21. The Bertz CT molecular complexity index is 292. The summed E-state index contributed by atoms with van der Waals surface area (Å²) in [5.74, 6) is 0.0120. The molecule has 0 aromatic carbocycles. The third-order valence-corrected chi connectivity index (χ3v) is 2.11. The van der Waals surface area contributed by atoms with Gasteiger partial charge in [0.05, 0.1) is 3.70 Å². The van der Waals surface area contributed by atoms with E-state index < -0.39 is 0 Å². The van der Waals surface area contributed by atoms with Crippen molar-refractivity contribution in [3.63, 3.8) is 0 Å². The molecule has 2 heterocycles. The molecule has 52 valence electrons. The molecule has 0 saturated carbocycles. The molecule has 0 bridgehead atoms. The minimum atomic E-state index is 0.0120. The average molecular weight is 248 g/mol. The van der Waals surface area contributed by atoms with Crippen molar-refractivity contribution in [2.24, 2.45) is 0 Å². The number of aromatic nitrogens is 1. The number of fused-ring (bicyclic) bond motifs is 1. The van der Waals surface area contributed by atoms with Crippen LogP contribution in [0.15, 0.2) is 6.07 Å². The maximum absolute atomic E-state index is 10.9. The summed E-state index contributed by atoms with van der Waals surface area (Å²) in [6.45, 7) is 0.674. The minimum Gasteiger partial charge on any atom is -0.347 e. The second kappa shape index (κ2) is 1.98. The van der Waals surface area contributed by atoms with Crippen LogP contribution in [0.25, 0.3) is 0 Å². The van der Waals surface area contributed by atoms with Crippen LogP contribution in [0.3, 0.4) is 0 Å². The highest BCUT2D eigenvalue weighted by Gasteiger charge is 2.20. The van der Waals surface area contributed by atoms with Crippen LogP contribution in [0.2, 0.25) is 0 Å². The van der Waals surface area contributed by atoms with Crippen LogP contribution in [0.5, 0.6) is 0 Å². The molecule has 4 heteroatoms. The lowest BCUT2D eigenvalue weighted by atomic mass is 10.3. The van der Waals surface area contributed by atoms with E-state index in [0.29, 0.717) is 6.54 Å². The van der Waals surface area contributed by atoms with Gasteiger partial charge >= 0.3 is 0 Å². The molecule has 0 saturated heterocycles. The molecule has 0 atom stereocenters. The van der Waals surface area contributed by atoms with Gasteiger partial charge in [-0.1, -0.05) is 0 Å². The van der Waals surface area contributed by atoms with Crippen LogP contribution >= 0.6 is 22.6 Å². The number of hydrogen-bond acceptors (Lipinski definition) is 1. The highest BCUT2D eigenvalue weighted by atomic mass is 127. The fraction of sp³-hybridized carbons (Fsp3) is 0.167. The lowest BCUT2D eigenvalue weighted by molar-refractivity contribution is 0.0961. The van der Waals surface area contributed by atoms with Crippen molar-refractivity contribution < 1.29 is 4.79 Å². The van der Waals surface area contributed by atoms with E-state index in [1.165, 1.54) is 0 Å². The Morgan fingerprint density at radius 1 is 1.60 bits per heavy atom. The third-order valence-electron chi connectivity index (χ3n) is 1.53. The Hall–Kier alpha value is -0.520. The zero-order valence-electron chi connectivity index (χ0n) is 5.07. The van der Waals surface area contributed by atoms with E-state index >= 15 is 0 Å². The molecule has 1 amide bonds. The van der Waals surface area contributed by atoms with Gasteiger partial charge in [-0.25, -0.2) is 0 Å². The molecule has 0 unspecified atom stereocenters. The number of halogens is 1. The minimum absolute atomic E-state index is 0.0120. The standard InChI is InChI=1S/C6H5IN2O/c7-4-1-3-2-8-6(10)5(3)9-4/h1,9H,2H2,(H,8,10). The fourth-order valence-electron chi connectivity index (χ4n) is 1.07. The number of aromatic amines is 1. The van der Waals surface area contributed by atoms with Crippen LogP contribution in [0.4, 0.5) is 0 Å². The maximum Gasteiger partial charge on any atom is 0.268 e. The van der Waals surface area contributed by atoms with Gasteiger partial charge in [0.2, 0.25) is 0 Å². The Balaban J connectivity index is 2.59. The Labute approximate surface area is 71.3 Å². The van der Waals surface area contributed by atoms with E-state index in [1.54, 1.807) is 0 Å². The summed E-state index contributed by atoms with van der Waals surface area (Å²) in [6.07, 6.45) is 0. The molecule has 1 aliphatic heterocycles. The van der Waals surface area contributed by atoms with Crippen molar-refractivity contribution in [3.05, 3.63) is 21.0 Å². The molecule has 0 spiro atoms. The molecular weight excluding hydrogens is 243 g/mol. The van der Waals surface area contributed by atoms with Crippen LogP contribution in [0, 0.1) is 3.70 Å². The molecule has 10 heavy (non-hydrogen) atoms. The van der Waals surface area contributed by atoms with Crippen molar-refractivity contribution >= 4 is 28.5 Å². The van der Waals surface area contributed by atoms with E-state index in [1.807, 2.05) is 6.07 Å². The van der Waals surface area contributed by atoms with E-state index in [2.05, 4.69) is 32.9 Å². The van der Waals surface area contributed by atoms with Gasteiger partial charge in [-0.3, -0.25) is 4.79 Å². The summed E-state index contributed by atoms with van der Waals surface area (Å²) < 4.78 is 1.03. The van der Waals surface area contributed by atoms with Crippen molar-refractivity contribution in [1.82, 2.24) is 10.3 Å². The van der Waals surface area contributed by atoms with Gasteiger partial charge < -0.3 is 10.3 Å². The van der Waals surface area contributed by atoms with Gasteiger partial charge in [-0.2, -0.15) is 0 Å². The van der Waals surface area contributed by atoms with Crippen molar-refractivity contribution in [3.8, 4) is 0 Å². The average Bonchev–Trinajstić information content (AvgIpc) is 2.35. The van der Waals surface area contributed by atoms with E-state index in [-0.39, 0.29) is 5.91 Å². The van der Waals surface area contributed by atoms with Gasteiger partial charge in [-0.05, 0) is 28.7 Å². The first-order valence-corrected chi connectivity index (χ1v) is 4.01. The monoisotopic (exact) mass is 248 g/mol. The largest absolute Gasteiger partial charge is 0.347 e. The first kappa shape index (κ1) is 6.21. The third kappa shape index (κ3) is 0.749. The molecule has 2 rings (SSSR count). The fourth-order valence-corrected chi connectivity index (χ4v) is 1.71. The molecule has 0 radical (unpaired) electrons. The smallest absolute Gasteiger partial charge is 0.268 e. The molecule has 1 aromatic heterocycles. The summed E-state index contributed by atoms with van der Waals surface area (Å²) in [5, 5.41) is 2.72. The summed E-state index contributed by atoms with van der Waals surface area (Å²) in [4.78, 5) is 13.9. The number of carbonyl (C=O) groups is 1. The number of H-pyrrole nitrogens is 1. The molecular formula is C6H5IN2O. The Kier molecular flexibility index (Phi) is 1.23. The van der Waals surface area contributed by atoms with Crippen LogP contribution in [0.1, 0.15) is 16.1 Å². The lowest BCUT2D eigenvalue weighted by Crippen LogP contribution is -2.13. The number of amides is 1. The first-order valence-electron chi connectivity index (χ1n) is 2.93. The predicted molar refractivity (Wildman–Crippen MR) is 44.7 cm³/mol. The van der Waals surface area contributed by atoms with E-state index in [4.69, 9.17) is 0 Å². The molecule has 0 fully saturated rings. The van der Waals surface area contributed by atoms with Gasteiger partial charge in [0.1, 0.15) is 5.69 Å². The van der Waals surface area contributed by atoms with Gasteiger partial charge in [-0.15, -0.1) is 0 Å². The summed E-state index contributed by atoms with van der Waals surface area (Å²) in [5.41, 5.74) is 1.80. The predicted octanol–water partition coefficient (Wildman–Crippen LogP) is 0.863. The number of carbonyl (C=O) groups excluding carboxylic acids is 1. The normalized spacial score (nSPS) is 15.1. The maximum atomic E-state index is 10.9. The summed E-state index contributed by atoms with van der Waals surface area (Å²) >= 11 is 2.16. The molecule has 0 aliphatic carbocycles. The second-order valence-electron chi connectivity index (χ2n) is 2.20. The van der Waals surface area contributed by atoms with Gasteiger partial charge in [0.25, 0.3) is 5.91 Å². The summed E-state index contributed by atoms with van der Waals surface area (Å²) in [7, 11) is 0. The second-order valence-corrected chi connectivity index (χ2v) is 3.36. The molecule has 3 nitrogen and oxygen atoms in total. The van der Waals surface area contributed by atoms with Crippen molar-refractivity contribution in [2.75, 3.05) is 0 Å². The molecule has 1 aliphatic rings. The number of rotatable bonds is 0. The van der Waals surface area contributed by atoms with E-state index in [9.17, 15) is 4.79 Å². The first-order chi connectivity index (χ1) is 4.77. The zero-order chi connectivity index (χ0) is 7.14. The van der Waals surface area contributed by atoms with Crippen LogP contribution in [-0.2, 0) is 6.54 Å². The Morgan fingerprint density at radius 3 is 3.10 bits per heavy atom.